The predicted octanol–water partition coefficient (Wildman–Crippen LogP) is 1.92. The molecule has 0 radical (unpaired) electrons. The maximum atomic E-state index is 10.6. The summed E-state index contributed by atoms with van der Waals surface area (Å²) in [7, 11) is 0. The number of hydrogen-bond donors (Lipinski definition) is 3. The number of anilines is 1. The number of nitrogens with one attached hydrogen (secondary N) is 2. The molecule has 4 heteroatoms. The van der Waals surface area contributed by atoms with Crippen LogP contribution in [-0.2, 0) is 0 Å². The van der Waals surface area contributed by atoms with E-state index in [0.29, 0.717) is 5.69 Å². The quantitative estimate of drug-likeness (QED) is 0.609. The van der Waals surface area contributed by atoms with E-state index >= 15 is 0 Å². The van der Waals surface area contributed by atoms with Crippen LogP contribution >= 0.6 is 0 Å². The number of aromatic carboxylic acids is 1. The minimum atomic E-state index is -0.927. The van der Waals surface area contributed by atoms with Crippen LogP contribution in [0.5, 0.6) is 0 Å². The molecule has 0 fully saturated rings. The van der Waals surface area contributed by atoms with Gasteiger partial charge >= 0.3 is 5.97 Å². The number of H-pyrrole nitrogens is 1. The Kier molecular flexibility index (Phi) is 3.37. The number of unbranched alkanes of at least 4 members (excludes halogenated alkanes) is 1. The van der Waals surface area contributed by atoms with Gasteiger partial charge in [-0.15, -0.1) is 0 Å². The Bertz CT molecular complexity index is 281. The van der Waals surface area contributed by atoms with E-state index in [-0.39, 0.29) is 5.69 Å². The first kappa shape index (κ1) is 9.64. The summed E-state index contributed by atoms with van der Waals surface area (Å²) < 4.78 is 0. The second-order valence-electron chi connectivity index (χ2n) is 2.85. The number of aromatic amines is 1. The first-order valence-corrected chi connectivity index (χ1v) is 4.40. The zero-order chi connectivity index (χ0) is 9.68. The Morgan fingerprint density at radius 3 is 3.08 bits per heavy atom. The topological polar surface area (TPSA) is 65.1 Å². The number of carboxylic acids is 1. The summed E-state index contributed by atoms with van der Waals surface area (Å²) >= 11 is 0. The van der Waals surface area contributed by atoms with Gasteiger partial charge in [-0.1, -0.05) is 13.3 Å². The Morgan fingerprint density at radius 1 is 1.69 bits per heavy atom. The highest BCUT2D eigenvalue weighted by atomic mass is 16.4. The van der Waals surface area contributed by atoms with Crippen LogP contribution < -0.4 is 5.32 Å². The van der Waals surface area contributed by atoms with Crippen molar-refractivity contribution in [3.05, 3.63) is 18.0 Å². The normalized spacial score (nSPS) is 9.92. The average molecular weight is 182 g/mol. The maximum absolute atomic E-state index is 10.6. The minimum Gasteiger partial charge on any atom is -0.477 e. The molecule has 0 amide bonds. The second-order valence-corrected chi connectivity index (χ2v) is 2.85. The van der Waals surface area contributed by atoms with Gasteiger partial charge in [-0.25, -0.2) is 4.79 Å². The van der Waals surface area contributed by atoms with E-state index in [4.69, 9.17) is 5.11 Å². The number of carbonyl (C=O) groups is 1. The summed E-state index contributed by atoms with van der Waals surface area (Å²) in [5, 5.41) is 11.8. The van der Waals surface area contributed by atoms with Crippen molar-refractivity contribution in [2.75, 3.05) is 11.9 Å². The summed E-state index contributed by atoms with van der Waals surface area (Å²) in [5.74, 6) is -0.927. The fourth-order valence-corrected chi connectivity index (χ4v) is 1.09. The van der Waals surface area contributed by atoms with E-state index in [9.17, 15) is 4.79 Å². The zero-order valence-electron chi connectivity index (χ0n) is 7.63. The SMILES string of the molecule is CCCCNc1cc[nH]c1C(=O)O. The van der Waals surface area contributed by atoms with E-state index in [1.807, 2.05) is 0 Å². The summed E-state index contributed by atoms with van der Waals surface area (Å²) in [6, 6.07) is 1.74. The standard InChI is InChI=1S/C9H14N2O2/c1-2-3-5-10-7-4-6-11-8(7)9(12)13/h4,6,10-11H,2-3,5H2,1H3,(H,12,13). The summed E-state index contributed by atoms with van der Waals surface area (Å²) in [6.45, 7) is 2.91. The third kappa shape index (κ3) is 2.50. The van der Waals surface area contributed by atoms with Gasteiger partial charge in [0, 0.05) is 12.7 Å². The van der Waals surface area contributed by atoms with Gasteiger partial charge in [-0.3, -0.25) is 0 Å². The highest BCUT2D eigenvalue weighted by Crippen LogP contribution is 2.12. The molecule has 0 saturated carbocycles. The summed E-state index contributed by atoms with van der Waals surface area (Å²) in [5.41, 5.74) is 0.900. The van der Waals surface area contributed by atoms with Crippen molar-refractivity contribution in [3.8, 4) is 0 Å². The summed E-state index contributed by atoms with van der Waals surface area (Å²) in [6.07, 6.45) is 3.77. The van der Waals surface area contributed by atoms with Crippen molar-refractivity contribution in [2.24, 2.45) is 0 Å². The molecule has 13 heavy (non-hydrogen) atoms. The van der Waals surface area contributed by atoms with E-state index in [1.165, 1.54) is 0 Å². The van der Waals surface area contributed by atoms with Crippen molar-refractivity contribution in [3.63, 3.8) is 0 Å². The fourth-order valence-electron chi connectivity index (χ4n) is 1.09. The van der Waals surface area contributed by atoms with Gasteiger partial charge in [0.15, 0.2) is 0 Å². The highest BCUT2D eigenvalue weighted by molar-refractivity contribution is 5.92. The van der Waals surface area contributed by atoms with Gasteiger partial charge in [-0.2, -0.15) is 0 Å². The molecule has 1 aromatic rings. The maximum Gasteiger partial charge on any atom is 0.354 e. The molecule has 0 bridgehead atoms. The zero-order valence-corrected chi connectivity index (χ0v) is 7.63. The molecule has 0 spiro atoms. The monoisotopic (exact) mass is 182 g/mol. The van der Waals surface area contributed by atoms with E-state index in [2.05, 4.69) is 17.2 Å². The van der Waals surface area contributed by atoms with Crippen LogP contribution in [0, 0.1) is 0 Å². The fraction of sp³-hybridized carbons (Fsp3) is 0.444. The van der Waals surface area contributed by atoms with Crippen molar-refractivity contribution in [1.29, 1.82) is 0 Å². The van der Waals surface area contributed by atoms with Gasteiger partial charge in [0.25, 0.3) is 0 Å². The Balaban J connectivity index is 2.55. The molecular formula is C9H14N2O2. The minimum absolute atomic E-state index is 0.233. The lowest BCUT2D eigenvalue weighted by molar-refractivity contribution is 0.0692. The van der Waals surface area contributed by atoms with Crippen molar-refractivity contribution < 1.29 is 9.90 Å². The number of aromatic nitrogens is 1. The van der Waals surface area contributed by atoms with E-state index < -0.39 is 5.97 Å². The average Bonchev–Trinajstić information content (AvgIpc) is 2.53. The molecule has 72 valence electrons. The molecule has 0 saturated heterocycles. The van der Waals surface area contributed by atoms with Crippen LogP contribution in [0.1, 0.15) is 30.3 Å². The molecule has 0 aliphatic heterocycles. The lowest BCUT2D eigenvalue weighted by Crippen LogP contribution is -2.06. The number of hydrogen-bond acceptors (Lipinski definition) is 2. The molecule has 0 aliphatic carbocycles. The van der Waals surface area contributed by atoms with Crippen molar-refractivity contribution in [2.45, 2.75) is 19.8 Å². The third-order valence-electron chi connectivity index (χ3n) is 1.81. The summed E-state index contributed by atoms with van der Waals surface area (Å²) in [4.78, 5) is 13.3. The largest absolute Gasteiger partial charge is 0.477 e. The first-order chi connectivity index (χ1) is 6.25. The van der Waals surface area contributed by atoms with Crippen LogP contribution in [0.15, 0.2) is 12.3 Å². The second kappa shape index (κ2) is 4.54. The smallest absolute Gasteiger partial charge is 0.354 e. The molecule has 1 heterocycles. The number of carboxylic acid groups (broad SMARTS) is 1. The first-order valence-electron chi connectivity index (χ1n) is 4.40. The van der Waals surface area contributed by atoms with E-state index in [0.717, 1.165) is 19.4 Å². The number of rotatable bonds is 5. The van der Waals surface area contributed by atoms with Crippen LogP contribution in [0.2, 0.25) is 0 Å². The molecule has 1 rings (SSSR count). The molecule has 4 nitrogen and oxygen atoms in total. The van der Waals surface area contributed by atoms with Crippen molar-refractivity contribution in [1.82, 2.24) is 4.98 Å². The lowest BCUT2D eigenvalue weighted by atomic mass is 10.3. The third-order valence-corrected chi connectivity index (χ3v) is 1.81. The molecule has 0 unspecified atom stereocenters. The Morgan fingerprint density at radius 2 is 2.46 bits per heavy atom. The van der Waals surface area contributed by atoms with Crippen LogP contribution in [0.25, 0.3) is 0 Å². The van der Waals surface area contributed by atoms with Crippen LogP contribution in [0.4, 0.5) is 5.69 Å². The van der Waals surface area contributed by atoms with Gasteiger partial charge < -0.3 is 15.4 Å². The van der Waals surface area contributed by atoms with Gasteiger partial charge in [0.05, 0.1) is 5.69 Å². The molecule has 0 aromatic carbocycles. The van der Waals surface area contributed by atoms with E-state index in [1.54, 1.807) is 12.3 Å². The van der Waals surface area contributed by atoms with Gasteiger partial charge in [0.2, 0.25) is 0 Å². The molecule has 0 aliphatic rings. The van der Waals surface area contributed by atoms with Crippen molar-refractivity contribution >= 4 is 11.7 Å². The van der Waals surface area contributed by atoms with Crippen LogP contribution in [-0.4, -0.2) is 22.6 Å². The molecule has 3 N–H and O–H groups in total. The predicted molar refractivity (Wildman–Crippen MR) is 51.1 cm³/mol. The van der Waals surface area contributed by atoms with Crippen LogP contribution in [0.3, 0.4) is 0 Å². The Hall–Kier alpha value is -1.45. The highest BCUT2D eigenvalue weighted by Gasteiger charge is 2.09. The van der Waals surface area contributed by atoms with Gasteiger partial charge in [0.1, 0.15) is 5.69 Å². The molecule has 0 atom stereocenters. The lowest BCUT2D eigenvalue weighted by Gasteiger charge is -2.03. The van der Waals surface area contributed by atoms with Gasteiger partial charge in [-0.05, 0) is 12.5 Å². The Labute approximate surface area is 77.0 Å². The molecule has 1 aromatic heterocycles. The molecular weight excluding hydrogens is 168 g/mol.